The molecule has 0 saturated carbocycles. The Labute approximate surface area is 124 Å². The van der Waals surface area contributed by atoms with E-state index < -0.39 is 6.04 Å². The molecule has 4 heteroatoms. The van der Waals surface area contributed by atoms with Crippen molar-refractivity contribution in [3.63, 3.8) is 0 Å². The second-order valence-corrected chi connectivity index (χ2v) is 5.51. The summed E-state index contributed by atoms with van der Waals surface area (Å²) in [5.74, 6) is -0.311. The zero-order valence-electron chi connectivity index (χ0n) is 10.6. The minimum atomic E-state index is -0.550. The molecule has 3 aromatic rings. The summed E-state index contributed by atoms with van der Waals surface area (Å²) in [7, 11) is 0. The molecule has 0 spiro atoms. The minimum Gasteiger partial charge on any atom is -0.320 e. The largest absolute Gasteiger partial charge is 0.320 e. The lowest BCUT2D eigenvalue weighted by atomic mass is 9.96. The van der Waals surface area contributed by atoms with Gasteiger partial charge in [0.15, 0.2) is 0 Å². The van der Waals surface area contributed by atoms with Gasteiger partial charge in [0, 0.05) is 27.8 Å². The van der Waals surface area contributed by atoms with E-state index in [1.165, 1.54) is 6.07 Å². The molecular weight excluding hydrogens is 319 g/mol. The molecule has 2 aromatic carbocycles. The normalized spacial score (nSPS) is 12.6. The van der Waals surface area contributed by atoms with Gasteiger partial charge in [0.2, 0.25) is 0 Å². The van der Waals surface area contributed by atoms with Gasteiger partial charge in [-0.25, -0.2) is 4.39 Å². The van der Waals surface area contributed by atoms with Gasteiger partial charge in [0.25, 0.3) is 0 Å². The lowest BCUT2D eigenvalue weighted by Crippen LogP contribution is -2.14. The van der Waals surface area contributed by atoms with Crippen LogP contribution in [-0.4, -0.2) is 4.98 Å². The second kappa shape index (κ2) is 5.31. The Hall–Kier alpha value is -1.78. The van der Waals surface area contributed by atoms with Gasteiger partial charge >= 0.3 is 0 Å². The van der Waals surface area contributed by atoms with E-state index in [9.17, 15) is 4.39 Å². The summed E-state index contributed by atoms with van der Waals surface area (Å²) >= 11 is 3.35. The van der Waals surface area contributed by atoms with E-state index >= 15 is 0 Å². The van der Waals surface area contributed by atoms with Crippen LogP contribution in [0.15, 0.2) is 59.3 Å². The number of rotatable bonds is 2. The molecule has 1 heterocycles. The summed E-state index contributed by atoms with van der Waals surface area (Å²) in [6, 6.07) is 12.1. The fourth-order valence-electron chi connectivity index (χ4n) is 2.31. The number of halogens is 2. The van der Waals surface area contributed by atoms with E-state index in [1.807, 2.05) is 24.3 Å². The zero-order chi connectivity index (χ0) is 14.1. The van der Waals surface area contributed by atoms with Crippen molar-refractivity contribution in [3.05, 3.63) is 76.3 Å². The number of nitrogens with zero attached hydrogens (tertiary/aromatic N) is 1. The molecule has 1 aromatic heterocycles. The molecule has 0 aliphatic heterocycles. The van der Waals surface area contributed by atoms with Gasteiger partial charge in [-0.1, -0.05) is 40.2 Å². The average Bonchev–Trinajstić information content (AvgIpc) is 2.48. The fraction of sp³-hybridized carbons (Fsp3) is 0.0625. The molecule has 100 valence electrons. The molecular formula is C16H12BrFN2. The van der Waals surface area contributed by atoms with E-state index in [4.69, 9.17) is 5.73 Å². The minimum absolute atomic E-state index is 0.311. The number of nitrogens with two attached hydrogens (primary N) is 1. The molecule has 0 aliphatic carbocycles. The Kier molecular flexibility index (Phi) is 3.51. The van der Waals surface area contributed by atoms with Crippen molar-refractivity contribution < 1.29 is 4.39 Å². The van der Waals surface area contributed by atoms with E-state index in [0.717, 1.165) is 20.8 Å². The van der Waals surface area contributed by atoms with Gasteiger partial charge in [-0.2, -0.15) is 0 Å². The molecule has 0 amide bonds. The predicted molar refractivity (Wildman–Crippen MR) is 81.9 cm³/mol. The number of hydrogen-bond acceptors (Lipinski definition) is 2. The van der Waals surface area contributed by atoms with Gasteiger partial charge in [-0.3, -0.25) is 4.98 Å². The van der Waals surface area contributed by atoms with Crippen molar-refractivity contribution >= 4 is 26.7 Å². The molecule has 0 aliphatic rings. The van der Waals surface area contributed by atoms with E-state index in [-0.39, 0.29) is 5.82 Å². The molecule has 1 atom stereocenters. The Morgan fingerprint density at radius 1 is 1.05 bits per heavy atom. The van der Waals surface area contributed by atoms with Crippen molar-refractivity contribution in [2.75, 3.05) is 0 Å². The van der Waals surface area contributed by atoms with Crippen molar-refractivity contribution in [2.45, 2.75) is 6.04 Å². The van der Waals surface area contributed by atoms with Crippen molar-refractivity contribution in [3.8, 4) is 0 Å². The SMILES string of the molecule is NC(c1cc(Br)ccc1F)c1cncc2ccccc12. The van der Waals surface area contributed by atoms with Gasteiger partial charge in [-0.05, 0) is 29.1 Å². The Morgan fingerprint density at radius 3 is 2.70 bits per heavy atom. The van der Waals surface area contributed by atoms with E-state index in [0.29, 0.717) is 5.56 Å². The molecule has 0 bridgehead atoms. The first-order chi connectivity index (χ1) is 9.66. The maximum absolute atomic E-state index is 14.0. The number of pyridine rings is 1. The van der Waals surface area contributed by atoms with E-state index in [2.05, 4.69) is 20.9 Å². The van der Waals surface area contributed by atoms with Crippen LogP contribution in [0.1, 0.15) is 17.2 Å². The topological polar surface area (TPSA) is 38.9 Å². The molecule has 2 nitrogen and oxygen atoms in total. The molecule has 1 unspecified atom stereocenters. The van der Waals surface area contributed by atoms with Crippen LogP contribution >= 0.6 is 15.9 Å². The number of hydrogen-bond donors (Lipinski definition) is 1. The highest BCUT2D eigenvalue weighted by Gasteiger charge is 2.16. The third-order valence-electron chi connectivity index (χ3n) is 3.33. The highest BCUT2D eigenvalue weighted by atomic mass is 79.9. The molecule has 0 saturated heterocycles. The van der Waals surface area contributed by atoms with Crippen molar-refractivity contribution in [2.24, 2.45) is 5.73 Å². The van der Waals surface area contributed by atoms with Crippen LogP contribution in [0.4, 0.5) is 4.39 Å². The number of aromatic nitrogens is 1. The summed E-state index contributed by atoms with van der Waals surface area (Å²) in [4.78, 5) is 4.20. The van der Waals surface area contributed by atoms with Crippen LogP contribution in [0.5, 0.6) is 0 Å². The maximum Gasteiger partial charge on any atom is 0.128 e. The second-order valence-electron chi connectivity index (χ2n) is 4.59. The van der Waals surface area contributed by atoms with Crippen LogP contribution in [0.3, 0.4) is 0 Å². The van der Waals surface area contributed by atoms with Crippen molar-refractivity contribution in [1.82, 2.24) is 4.98 Å². The molecule has 0 radical (unpaired) electrons. The highest BCUT2D eigenvalue weighted by Crippen LogP contribution is 2.29. The Balaban J connectivity index is 2.17. The van der Waals surface area contributed by atoms with Crippen LogP contribution in [-0.2, 0) is 0 Å². The lowest BCUT2D eigenvalue weighted by Gasteiger charge is -2.15. The molecule has 20 heavy (non-hydrogen) atoms. The molecule has 3 rings (SSSR count). The van der Waals surface area contributed by atoms with Crippen LogP contribution in [0.2, 0.25) is 0 Å². The standard InChI is InChI=1S/C16H12BrFN2/c17-11-5-6-15(18)13(7-11)16(19)14-9-20-8-10-3-1-2-4-12(10)14/h1-9,16H,19H2. The van der Waals surface area contributed by atoms with Crippen molar-refractivity contribution in [1.29, 1.82) is 0 Å². The van der Waals surface area contributed by atoms with Crippen LogP contribution in [0, 0.1) is 5.82 Å². The third-order valence-corrected chi connectivity index (χ3v) is 3.82. The maximum atomic E-state index is 14.0. The number of fused-ring (bicyclic) bond motifs is 1. The Bertz CT molecular complexity index is 768. The quantitative estimate of drug-likeness (QED) is 0.765. The highest BCUT2D eigenvalue weighted by molar-refractivity contribution is 9.10. The number of benzene rings is 2. The monoisotopic (exact) mass is 330 g/mol. The average molecular weight is 331 g/mol. The summed E-state index contributed by atoms with van der Waals surface area (Å²) < 4.78 is 14.8. The lowest BCUT2D eigenvalue weighted by molar-refractivity contribution is 0.599. The van der Waals surface area contributed by atoms with Gasteiger partial charge in [-0.15, -0.1) is 0 Å². The third kappa shape index (κ3) is 2.32. The van der Waals surface area contributed by atoms with Crippen LogP contribution in [0.25, 0.3) is 10.8 Å². The summed E-state index contributed by atoms with van der Waals surface area (Å²) in [6.45, 7) is 0. The first-order valence-electron chi connectivity index (χ1n) is 6.20. The smallest absolute Gasteiger partial charge is 0.128 e. The van der Waals surface area contributed by atoms with Gasteiger partial charge in [0.05, 0.1) is 6.04 Å². The summed E-state index contributed by atoms with van der Waals surface area (Å²) in [6.07, 6.45) is 3.48. The first-order valence-corrected chi connectivity index (χ1v) is 6.99. The molecule has 0 fully saturated rings. The van der Waals surface area contributed by atoms with Gasteiger partial charge < -0.3 is 5.73 Å². The summed E-state index contributed by atoms with van der Waals surface area (Å²) in [5, 5.41) is 1.99. The molecule has 2 N–H and O–H groups in total. The zero-order valence-corrected chi connectivity index (χ0v) is 12.1. The fourth-order valence-corrected chi connectivity index (χ4v) is 2.69. The predicted octanol–water partition coefficient (Wildman–Crippen LogP) is 4.18. The summed E-state index contributed by atoms with van der Waals surface area (Å²) in [5.41, 5.74) is 7.53. The van der Waals surface area contributed by atoms with Crippen LogP contribution < -0.4 is 5.73 Å². The van der Waals surface area contributed by atoms with Gasteiger partial charge in [0.1, 0.15) is 5.82 Å². The first kappa shape index (κ1) is 13.2. The Morgan fingerprint density at radius 2 is 1.85 bits per heavy atom. The van der Waals surface area contributed by atoms with E-state index in [1.54, 1.807) is 24.5 Å².